The SMILES string of the molecule is CCc1ncccc1CCN1CC[C@H](c2cnn([C@@H]3CCCCO3)c(=O)c2C#N)[C@H](C)C1. The second kappa shape index (κ2) is 10.4. The Morgan fingerprint density at radius 3 is 2.91 bits per heavy atom. The second-order valence-corrected chi connectivity index (χ2v) is 9.04. The summed E-state index contributed by atoms with van der Waals surface area (Å²) in [5.74, 6) is 0.519. The smallest absolute Gasteiger partial charge is 0.287 e. The van der Waals surface area contributed by atoms with E-state index >= 15 is 0 Å². The van der Waals surface area contributed by atoms with Crippen molar-refractivity contribution in [2.75, 3.05) is 26.2 Å². The molecule has 0 saturated carbocycles. The minimum atomic E-state index is -0.350. The lowest BCUT2D eigenvalue weighted by molar-refractivity contribution is -0.0426. The summed E-state index contributed by atoms with van der Waals surface area (Å²) in [6.07, 6.45) is 8.92. The number of nitrogens with zero attached hydrogens (tertiary/aromatic N) is 5. The summed E-state index contributed by atoms with van der Waals surface area (Å²) in [6, 6.07) is 6.37. The standard InChI is InChI=1S/C25H33N5O2/c1-3-23-19(7-6-11-27-23)9-12-29-13-10-20(18(2)17-29)22-16-28-30(25(31)21(22)15-26)24-8-4-5-14-32-24/h6-7,11,16,18,20,24H,3-5,8-10,12-14,17H2,1-2H3/t18-,20+,24+/m1/s1. The number of aromatic nitrogens is 3. The van der Waals surface area contributed by atoms with Crippen molar-refractivity contribution >= 4 is 0 Å². The van der Waals surface area contributed by atoms with Crippen LogP contribution in [0.25, 0.3) is 0 Å². The van der Waals surface area contributed by atoms with E-state index in [-0.39, 0.29) is 23.3 Å². The van der Waals surface area contributed by atoms with E-state index in [0.29, 0.717) is 12.5 Å². The van der Waals surface area contributed by atoms with Gasteiger partial charge in [-0.15, -0.1) is 0 Å². The Kier molecular flexibility index (Phi) is 7.33. The van der Waals surface area contributed by atoms with Gasteiger partial charge in [-0.25, -0.2) is 0 Å². The monoisotopic (exact) mass is 435 g/mol. The Labute approximate surface area is 190 Å². The topological polar surface area (TPSA) is 84.0 Å². The van der Waals surface area contributed by atoms with Crippen LogP contribution >= 0.6 is 0 Å². The van der Waals surface area contributed by atoms with Gasteiger partial charge in [-0.05, 0) is 74.1 Å². The van der Waals surface area contributed by atoms with Crippen molar-refractivity contribution in [2.45, 2.75) is 64.5 Å². The molecule has 0 spiro atoms. The summed E-state index contributed by atoms with van der Waals surface area (Å²) >= 11 is 0. The van der Waals surface area contributed by atoms with Gasteiger partial charge in [-0.3, -0.25) is 9.78 Å². The lowest BCUT2D eigenvalue weighted by Crippen LogP contribution is -2.41. The van der Waals surface area contributed by atoms with Gasteiger partial charge in [0.05, 0.1) is 6.20 Å². The van der Waals surface area contributed by atoms with E-state index in [2.05, 4.69) is 41.0 Å². The van der Waals surface area contributed by atoms with Gasteiger partial charge >= 0.3 is 0 Å². The van der Waals surface area contributed by atoms with E-state index in [4.69, 9.17) is 4.74 Å². The summed E-state index contributed by atoms with van der Waals surface area (Å²) in [5, 5.41) is 14.2. The Morgan fingerprint density at radius 2 is 2.19 bits per heavy atom. The average molecular weight is 436 g/mol. The zero-order chi connectivity index (χ0) is 22.5. The average Bonchev–Trinajstić information content (AvgIpc) is 2.83. The van der Waals surface area contributed by atoms with Gasteiger partial charge in [0.25, 0.3) is 5.56 Å². The number of rotatable bonds is 6. The summed E-state index contributed by atoms with van der Waals surface area (Å²) < 4.78 is 7.10. The number of pyridine rings is 1. The molecule has 2 fully saturated rings. The highest BCUT2D eigenvalue weighted by Gasteiger charge is 2.31. The molecule has 0 unspecified atom stereocenters. The predicted octanol–water partition coefficient (Wildman–Crippen LogP) is 3.44. The second-order valence-electron chi connectivity index (χ2n) is 9.04. The van der Waals surface area contributed by atoms with E-state index in [1.54, 1.807) is 6.20 Å². The Balaban J connectivity index is 1.44. The highest BCUT2D eigenvalue weighted by molar-refractivity contribution is 5.37. The van der Waals surface area contributed by atoms with Gasteiger partial charge in [-0.1, -0.05) is 19.9 Å². The third-order valence-electron chi connectivity index (χ3n) is 6.98. The molecule has 3 atom stereocenters. The molecular weight excluding hydrogens is 402 g/mol. The summed E-state index contributed by atoms with van der Waals surface area (Å²) in [4.78, 5) is 20.0. The van der Waals surface area contributed by atoms with Crippen molar-refractivity contribution in [2.24, 2.45) is 5.92 Å². The molecule has 0 amide bonds. The van der Waals surface area contributed by atoms with Crippen LogP contribution in [-0.4, -0.2) is 45.9 Å². The molecule has 2 aromatic rings. The molecule has 7 heteroatoms. The maximum atomic E-state index is 13.0. The lowest BCUT2D eigenvalue weighted by Gasteiger charge is -2.37. The molecule has 32 heavy (non-hydrogen) atoms. The normalized spacial score (nSPS) is 24.2. The van der Waals surface area contributed by atoms with Gasteiger partial charge in [0.15, 0.2) is 6.23 Å². The first-order chi connectivity index (χ1) is 15.6. The minimum absolute atomic E-state index is 0.174. The molecular formula is C25H33N5O2. The van der Waals surface area contributed by atoms with Gasteiger partial charge in [0.2, 0.25) is 0 Å². The number of aryl methyl sites for hydroxylation is 1. The molecule has 0 aromatic carbocycles. The molecule has 7 nitrogen and oxygen atoms in total. The van der Waals surface area contributed by atoms with Gasteiger partial charge in [0.1, 0.15) is 11.6 Å². The number of ether oxygens (including phenoxy) is 1. The number of hydrogen-bond donors (Lipinski definition) is 0. The highest BCUT2D eigenvalue weighted by atomic mass is 16.5. The molecule has 2 aliphatic rings. The molecule has 0 radical (unpaired) electrons. The first kappa shape index (κ1) is 22.6. The van der Waals surface area contributed by atoms with E-state index < -0.39 is 0 Å². The fourth-order valence-electron chi connectivity index (χ4n) is 5.19. The van der Waals surface area contributed by atoms with Crippen molar-refractivity contribution in [3.05, 3.63) is 57.3 Å². The van der Waals surface area contributed by atoms with Gasteiger partial charge in [0, 0.05) is 31.6 Å². The molecule has 4 heterocycles. The van der Waals surface area contributed by atoms with Crippen LogP contribution in [-0.2, 0) is 17.6 Å². The zero-order valence-corrected chi connectivity index (χ0v) is 19.2. The van der Waals surface area contributed by atoms with Crippen LogP contribution in [0.15, 0.2) is 29.3 Å². The van der Waals surface area contributed by atoms with Crippen molar-refractivity contribution < 1.29 is 4.74 Å². The first-order valence-corrected chi connectivity index (χ1v) is 11.9. The van der Waals surface area contributed by atoms with E-state index in [1.165, 1.54) is 15.9 Å². The lowest BCUT2D eigenvalue weighted by atomic mass is 9.80. The maximum Gasteiger partial charge on any atom is 0.287 e. The number of nitriles is 1. The molecule has 2 aliphatic heterocycles. The maximum absolute atomic E-state index is 13.0. The molecule has 2 aromatic heterocycles. The largest absolute Gasteiger partial charge is 0.356 e. The van der Waals surface area contributed by atoms with E-state index in [1.807, 2.05) is 12.3 Å². The Hall–Kier alpha value is -2.56. The fourth-order valence-corrected chi connectivity index (χ4v) is 5.19. The quantitative estimate of drug-likeness (QED) is 0.691. The van der Waals surface area contributed by atoms with Crippen molar-refractivity contribution in [3.63, 3.8) is 0 Å². The van der Waals surface area contributed by atoms with Gasteiger partial charge < -0.3 is 9.64 Å². The third-order valence-corrected chi connectivity index (χ3v) is 6.98. The Morgan fingerprint density at radius 1 is 1.31 bits per heavy atom. The van der Waals surface area contributed by atoms with Crippen LogP contribution in [0.3, 0.4) is 0 Å². The Bertz CT molecular complexity index is 1020. The third kappa shape index (κ3) is 4.77. The number of likely N-dealkylation sites (tertiary alicyclic amines) is 1. The molecule has 4 rings (SSSR count). The summed E-state index contributed by atoms with van der Waals surface area (Å²) in [7, 11) is 0. The van der Waals surface area contributed by atoms with Crippen LogP contribution in [0, 0.1) is 17.2 Å². The zero-order valence-electron chi connectivity index (χ0n) is 19.2. The highest BCUT2D eigenvalue weighted by Crippen LogP contribution is 2.34. The molecule has 170 valence electrons. The van der Waals surface area contributed by atoms with Crippen molar-refractivity contribution in [1.29, 1.82) is 5.26 Å². The van der Waals surface area contributed by atoms with Crippen LogP contribution in [0.5, 0.6) is 0 Å². The van der Waals surface area contributed by atoms with E-state index in [0.717, 1.165) is 63.7 Å². The van der Waals surface area contributed by atoms with Crippen LogP contribution in [0.2, 0.25) is 0 Å². The molecule has 2 saturated heterocycles. The number of hydrogen-bond acceptors (Lipinski definition) is 6. The summed E-state index contributed by atoms with van der Waals surface area (Å²) in [5.41, 5.74) is 3.24. The minimum Gasteiger partial charge on any atom is -0.356 e. The van der Waals surface area contributed by atoms with Crippen LogP contribution in [0.1, 0.15) is 74.1 Å². The van der Waals surface area contributed by atoms with Crippen LogP contribution in [0.4, 0.5) is 0 Å². The number of piperidine rings is 1. The summed E-state index contributed by atoms with van der Waals surface area (Å²) in [6.45, 7) is 7.91. The predicted molar refractivity (Wildman–Crippen MR) is 122 cm³/mol. The molecule has 0 N–H and O–H groups in total. The van der Waals surface area contributed by atoms with Crippen molar-refractivity contribution in [1.82, 2.24) is 19.7 Å². The molecule has 0 aliphatic carbocycles. The fraction of sp³-hybridized carbons (Fsp3) is 0.600. The van der Waals surface area contributed by atoms with Gasteiger partial charge in [-0.2, -0.15) is 15.0 Å². The van der Waals surface area contributed by atoms with E-state index in [9.17, 15) is 10.1 Å². The molecule has 0 bridgehead atoms. The first-order valence-electron chi connectivity index (χ1n) is 11.9. The van der Waals surface area contributed by atoms with Crippen LogP contribution < -0.4 is 5.56 Å². The van der Waals surface area contributed by atoms with Crippen molar-refractivity contribution in [3.8, 4) is 6.07 Å².